The Balaban J connectivity index is 1.44. The van der Waals surface area contributed by atoms with E-state index < -0.39 is 0 Å². The van der Waals surface area contributed by atoms with Crippen LogP contribution in [-0.2, 0) is 25.9 Å². The molecule has 0 unspecified atom stereocenters. The Labute approximate surface area is 142 Å². The van der Waals surface area contributed by atoms with Gasteiger partial charge in [0.15, 0.2) is 11.8 Å². The molecular weight excluding hydrogens is 304 g/mol. The van der Waals surface area contributed by atoms with Crippen LogP contribution in [0.3, 0.4) is 0 Å². The number of fused-ring (bicyclic) bond motifs is 1. The lowest BCUT2D eigenvalue weighted by atomic mass is 10.1. The van der Waals surface area contributed by atoms with E-state index in [-0.39, 0.29) is 0 Å². The molecule has 0 fully saturated rings. The van der Waals surface area contributed by atoms with Gasteiger partial charge in [-0.25, -0.2) is 0 Å². The topological polar surface area (TPSA) is 76.4 Å². The predicted octanol–water partition coefficient (Wildman–Crippen LogP) is 1.14. The second-order valence-electron chi connectivity index (χ2n) is 5.74. The van der Waals surface area contributed by atoms with Crippen molar-refractivity contribution in [3.8, 4) is 5.75 Å². The average Bonchev–Trinajstić information content (AvgIpc) is 3.22. The van der Waals surface area contributed by atoms with Gasteiger partial charge in [0.2, 0.25) is 0 Å². The first kappa shape index (κ1) is 16.3. The molecule has 7 heteroatoms. The molecule has 1 aromatic heterocycles. The van der Waals surface area contributed by atoms with E-state index in [9.17, 15) is 0 Å². The third-order valence-corrected chi connectivity index (χ3v) is 4.19. The second kappa shape index (κ2) is 7.81. The second-order valence-corrected chi connectivity index (χ2v) is 5.74. The standard InChI is InChI=1S/C17H24N6O/c1-18-17(19-10-9-13-5-7-14(24-2)8-6-13)20-12-16-22-21-15-4-3-11-23(15)16/h5-8H,3-4,9-12H2,1-2H3,(H2,18,19,20). The van der Waals surface area contributed by atoms with Crippen LogP contribution >= 0.6 is 0 Å². The molecule has 2 heterocycles. The van der Waals surface area contributed by atoms with E-state index in [1.54, 1.807) is 14.2 Å². The van der Waals surface area contributed by atoms with Crippen molar-refractivity contribution >= 4 is 5.96 Å². The fourth-order valence-electron chi connectivity index (χ4n) is 2.84. The fourth-order valence-corrected chi connectivity index (χ4v) is 2.84. The van der Waals surface area contributed by atoms with Crippen molar-refractivity contribution < 1.29 is 4.74 Å². The molecule has 24 heavy (non-hydrogen) atoms. The quantitative estimate of drug-likeness (QED) is 0.614. The van der Waals surface area contributed by atoms with Gasteiger partial charge in [0, 0.05) is 26.6 Å². The van der Waals surface area contributed by atoms with Gasteiger partial charge >= 0.3 is 0 Å². The van der Waals surface area contributed by atoms with Crippen LogP contribution in [0.25, 0.3) is 0 Å². The monoisotopic (exact) mass is 328 g/mol. The Bertz CT molecular complexity index is 692. The highest BCUT2D eigenvalue weighted by Crippen LogP contribution is 2.13. The maximum Gasteiger partial charge on any atom is 0.191 e. The Morgan fingerprint density at radius 1 is 1.25 bits per heavy atom. The summed E-state index contributed by atoms with van der Waals surface area (Å²) in [7, 11) is 3.45. The highest BCUT2D eigenvalue weighted by atomic mass is 16.5. The molecule has 0 spiro atoms. The number of benzene rings is 1. The number of aliphatic imine (C=N–C) groups is 1. The summed E-state index contributed by atoms with van der Waals surface area (Å²) in [5.74, 6) is 3.72. The van der Waals surface area contributed by atoms with Gasteiger partial charge in [-0.3, -0.25) is 4.99 Å². The Kier molecular flexibility index (Phi) is 5.30. The van der Waals surface area contributed by atoms with Crippen LogP contribution in [-0.4, -0.2) is 41.4 Å². The molecule has 0 aliphatic carbocycles. The maximum absolute atomic E-state index is 5.17. The van der Waals surface area contributed by atoms with E-state index in [1.807, 2.05) is 12.1 Å². The highest BCUT2D eigenvalue weighted by molar-refractivity contribution is 5.79. The summed E-state index contributed by atoms with van der Waals surface area (Å²) in [5.41, 5.74) is 1.26. The average molecular weight is 328 g/mol. The molecule has 0 saturated carbocycles. The van der Waals surface area contributed by atoms with Gasteiger partial charge in [0.25, 0.3) is 0 Å². The molecule has 1 aromatic carbocycles. The van der Waals surface area contributed by atoms with Crippen molar-refractivity contribution in [2.24, 2.45) is 4.99 Å². The summed E-state index contributed by atoms with van der Waals surface area (Å²) in [6.45, 7) is 2.46. The minimum absolute atomic E-state index is 0.634. The van der Waals surface area contributed by atoms with E-state index in [4.69, 9.17) is 4.74 Å². The number of methoxy groups -OCH3 is 1. The molecule has 3 rings (SSSR count). The van der Waals surface area contributed by atoms with Crippen LogP contribution in [0.2, 0.25) is 0 Å². The molecular formula is C17H24N6O. The molecule has 0 saturated heterocycles. The van der Waals surface area contributed by atoms with Gasteiger partial charge < -0.3 is 19.9 Å². The number of rotatable bonds is 6. The molecule has 2 aromatic rings. The number of hydrogen-bond donors (Lipinski definition) is 2. The van der Waals surface area contributed by atoms with Gasteiger partial charge in [0.1, 0.15) is 11.6 Å². The first-order valence-electron chi connectivity index (χ1n) is 8.28. The summed E-state index contributed by atoms with van der Waals surface area (Å²) < 4.78 is 7.36. The van der Waals surface area contributed by atoms with Crippen molar-refractivity contribution in [3.05, 3.63) is 41.5 Å². The molecule has 0 atom stereocenters. The zero-order valence-electron chi connectivity index (χ0n) is 14.2. The van der Waals surface area contributed by atoms with Crippen molar-refractivity contribution in [1.29, 1.82) is 0 Å². The molecule has 0 amide bonds. The van der Waals surface area contributed by atoms with Crippen molar-refractivity contribution in [1.82, 2.24) is 25.4 Å². The van der Waals surface area contributed by atoms with Crippen molar-refractivity contribution in [2.45, 2.75) is 32.4 Å². The SMILES string of the molecule is CN=C(NCCc1ccc(OC)cc1)NCc1nnc2n1CCC2. The highest BCUT2D eigenvalue weighted by Gasteiger charge is 2.16. The van der Waals surface area contributed by atoms with Crippen molar-refractivity contribution in [3.63, 3.8) is 0 Å². The third kappa shape index (κ3) is 3.84. The minimum atomic E-state index is 0.634. The van der Waals surface area contributed by atoms with Crippen LogP contribution in [0.15, 0.2) is 29.3 Å². The normalized spacial score (nSPS) is 13.7. The summed E-state index contributed by atoms with van der Waals surface area (Å²) in [4.78, 5) is 4.26. The fraction of sp³-hybridized carbons (Fsp3) is 0.471. The predicted molar refractivity (Wildman–Crippen MR) is 93.2 cm³/mol. The van der Waals surface area contributed by atoms with Gasteiger partial charge in [-0.2, -0.15) is 0 Å². The molecule has 0 radical (unpaired) electrons. The van der Waals surface area contributed by atoms with Gasteiger partial charge in [0.05, 0.1) is 13.7 Å². The molecule has 1 aliphatic heterocycles. The number of ether oxygens (including phenoxy) is 1. The van der Waals surface area contributed by atoms with E-state index in [0.29, 0.717) is 6.54 Å². The van der Waals surface area contributed by atoms with Crippen LogP contribution < -0.4 is 15.4 Å². The van der Waals surface area contributed by atoms with Crippen LogP contribution in [0.4, 0.5) is 0 Å². The zero-order valence-corrected chi connectivity index (χ0v) is 14.2. The first-order valence-corrected chi connectivity index (χ1v) is 8.28. The Morgan fingerprint density at radius 2 is 2.08 bits per heavy atom. The molecule has 2 N–H and O–H groups in total. The van der Waals surface area contributed by atoms with Crippen LogP contribution in [0.5, 0.6) is 5.75 Å². The number of guanidine groups is 1. The summed E-state index contributed by atoms with van der Waals surface area (Å²) in [6, 6.07) is 8.12. The molecule has 7 nitrogen and oxygen atoms in total. The maximum atomic E-state index is 5.17. The largest absolute Gasteiger partial charge is 0.497 e. The van der Waals surface area contributed by atoms with E-state index in [0.717, 1.165) is 55.7 Å². The van der Waals surface area contributed by atoms with Gasteiger partial charge in [-0.15, -0.1) is 10.2 Å². The molecule has 1 aliphatic rings. The molecule has 128 valence electrons. The molecule has 0 bridgehead atoms. The number of aromatic nitrogens is 3. The third-order valence-electron chi connectivity index (χ3n) is 4.19. The smallest absolute Gasteiger partial charge is 0.191 e. The lowest BCUT2D eigenvalue weighted by Crippen LogP contribution is -2.38. The zero-order chi connectivity index (χ0) is 16.8. The number of aryl methyl sites for hydroxylation is 1. The lowest BCUT2D eigenvalue weighted by Gasteiger charge is -2.12. The van der Waals surface area contributed by atoms with Gasteiger partial charge in [-0.05, 0) is 30.5 Å². The number of nitrogens with zero attached hydrogens (tertiary/aromatic N) is 4. The first-order chi connectivity index (χ1) is 11.8. The Morgan fingerprint density at radius 3 is 2.83 bits per heavy atom. The minimum Gasteiger partial charge on any atom is -0.497 e. The summed E-state index contributed by atoms with van der Waals surface area (Å²) >= 11 is 0. The van der Waals surface area contributed by atoms with E-state index in [2.05, 4.69) is 42.5 Å². The van der Waals surface area contributed by atoms with Crippen molar-refractivity contribution in [2.75, 3.05) is 20.7 Å². The van der Waals surface area contributed by atoms with E-state index >= 15 is 0 Å². The van der Waals surface area contributed by atoms with Crippen LogP contribution in [0, 0.1) is 0 Å². The van der Waals surface area contributed by atoms with E-state index in [1.165, 1.54) is 5.56 Å². The Hall–Kier alpha value is -2.57. The lowest BCUT2D eigenvalue weighted by molar-refractivity contribution is 0.414. The summed E-state index contributed by atoms with van der Waals surface area (Å²) in [5, 5.41) is 15.1. The number of nitrogens with one attached hydrogen (secondary N) is 2. The van der Waals surface area contributed by atoms with Gasteiger partial charge in [-0.1, -0.05) is 12.1 Å². The van der Waals surface area contributed by atoms with Crippen LogP contribution in [0.1, 0.15) is 23.6 Å². The number of hydrogen-bond acceptors (Lipinski definition) is 4. The summed E-state index contributed by atoms with van der Waals surface area (Å²) in [6.07, 6.45) is 3.11.